The van der Waals surface area contributed by atoms with Gasteiger partial charge in [0.2, 0.25) is 5.91 Å². The van der Waals surface area contributed by atoms with Crippen LogP contribution in [0.25, 0.3) is 0 Å². The molecule has 118 valence electrons. The molecule has 1 N–H and O–H groups in total. The number of aliphatic carboxylic acids is 1. The van der Waals surface area contributed by atoms with Crippen molar-refractivity contribution in [2.24, 2.45) is 0 Å². The Balaban J connectivity index is 2.22. The molecule has 22 heavy (non-hydrogen) atoms. The average molecular weight is 323 g/mol. The van der Waals surface area contributed by atoms with Crippen molar-refractivity contribution in [2.75, 3.05) is 13.7 Å². The minimum atomic E-state index is -1.09. The van der Waals surface area contributed by atoms with E-state index in [1.54, 1.807) is 24.3 Å². The molecular weight excluding hydrogens is 306 g/mol. The van der Waals surface area contributed by atoms with Crippen molar-refractivity contribution in [1.82, 2.24) is 4.90 Å². The van der Waals surface area contributed by atoms with E-state index >= 15 is 0 Å². The second-order valence-electron chi connectivity index (χ2n) is 5.00. The molecule has 0 spiro atoms. The van der Waals surface area contributed by atoms with Gasteiger partial charge in [-0.15, -0.1) is 0 Å². The quantitative estimate of drug-likeness (QED) is 0.888. The van der Waals surface area contributed by atoms with Crippen LogP contribution in [0.4, 0.5) is 0 Å². The topological polar surface area (TPSA) is 83.9 Å². The number of nitrogens with zero attached hydrogens (tertiary/aromatic N) is 1. The Labute approximate surface area is 132 Å². The fraction of sp³-hybridized carbons (Fsp3) is 0.400. The van der Waals surface area contributed by atoms with Crippen molar-refractivity contribution in [1.29, 1.82) is 0 Å². The first-order chi connectivity index (χ1) is 10.4. The van der Waals surface area contributed by atoms with E-state index in [0.717, 1.165) is 11.8 Å². The molecule has 2 unspecified atom stereocenters. The maximum absolute atomic E-state index is 12.1. The van der Waals surface area contributed by atoms with Gasteiger partial charge in [0.05, 0.1) is 7.11 Å². The van der Waals surface area contributed by atoms with Crippen LogP contribution in [0.15, 0.2) is 24.3 Å². The van der Waals surface area contributed by atoms with Crippen LogP contribution in [0.3, 0.4) is 0 Å². The van der Waals surface area contributed by atoms with E-state index in [1.807, 2.05) is 0 Å². The summed E-state index contributed by atoms with van der Waals surface area (Å²) >= 11 is 1.09. The third-order valence-electron chi connectivity index (χ3n) is 3.43. The average Bonchev–Trinajstić information content (AvgIpc) is 2.79. The van der Waals surface area contributed by atoms with Crippen LogP contribution in [-0.2, 0) is 14.4 Å². The summed E-state index contributed by atoms with van der Waals surface area (Å²) in [6, 6.07) is 5.55. The second-order valence-corrected chi connectivity index (χ2v) is 6.47. The van der Waals surface area contributed by atoms with Crippen LogP contribution in [0.2, 0.25) is 0 Å². The number of carbonyl (C=O) groups is 3. The molecule has 6 nitrogen and oxygen atoms in total. The molecule has 1 heterocycles. The van der Waals surface area contributed by atoms with Crippen molar-refractivity contribution < 1.29 is 24.2 Å². The van der Waals surface area contributed by atoms with Crippen LogP contribution in [0, 0.1) is 0 Å². The van der Waals surface area contributed by atoms with E-state index < -0.39 is 12.0 Å². The first kappa shape index (κ1) is 16.4. The number of rotatable bonds is 5. The molecule has 0 radical (unpaired) electrons. The van der Waals surface area contributed by atoms with Gasteiger partial charge >= 0.3 is 5.97 Å². The zero-order chi connectivity index (χ0) is 16.3. The third kappa shape index (κ3) is 3.59. The molecule has 2 rings (SSSR count). The largest absolute Gasteiger partial charge is 0.497 e. The standard InChI is InChI=1S/C15H17NO5S/c1-9(17)22-12-7-13(18)16(8-12)14(15(19)20)10-3-5-11(21-2)6-4-10/h3-6,12,14H,7-8H2,1-2H3,(H,19,20). The summed E-state index contributed by atoms with van der Waals surface area (Å²) in [6.07, 6.45) is 0.185. The number of hydrogen-bond donors (Lipinski definition) is 1. The van der Waals surface area contributed by atoms with E-state index in [0.29, 0.717) is 11.3 Å². The Hall–Kier alpha value is -2.02. The van der Waals surface area contributed by atoms with Crippen molar-refractivity contribution in [2.45, 2.75) is 24.6 Å². The van der Waals surface area contributed by atoms with Gasteiger partial charge in [-0.05, 0) is 17.7 Å². The van der Waals surface area contributed by atoms with Gasteiger partial charge in [-0.1, -0.05) is 23.9 Å². The molecule has 0 saturated carbocycles. The summed E-state index contributed by atoms with van der Waals surface area (Å²) < 4.78 is 5.05. The second kappa shape index (κ2) is 6.83. The van der Waals surface area contributed by atoms with Crippen LogP contribution in [-0.4, -0.2) is 45.9 Å². The van der Waals surface area contributed by atoms with E-state index in [4.69, 9.17) is 4.74 Å². The molecule has 1 aromatic carbocycles. The monoisotopic (exact) mass is 323 g/mol. The summed E-state index contributed by atoms with van der Waals surface area (Å²) in [4.78, 5) is 36.2. The summed E-state index contributed by atoms with van der Waals surface area (Å²) in [7, 11) is 1.53. The highest BCUT2D eigenvalue weighted by molar-refractivity contribution is 8.14. The number of amides is 1. The van der Waals surface area contributed by atoms with E-state index in [-0.39, 0.29) is 29.2 Å². The highest BCUT2D eigenvalue weighted by Crippen LogP contribution is 2.32. The molecule has 1 aliphatic heterocycles. The number of carboxylic acids is 1. The zero-order valence-electron chi connectivity index (χ0n) is 12.3. The smallest absolute Gasteiger partial charge is 0.331 e. The fourth-order valence-electron chi connectivity index (χ4n) is 2.50. The summed E-state index contributed by atoms with van der Waals surface area (Å²) in [5.41, 5.74) is 0.509. The molecule has 0 bridgehead atoms. The van der Waals surface area contributed by atoms with Crippen molar-refractivity contribution in [3.05, 3.63) is 29.8 Å². The van der Waals surface area contributed by atoms with Gasteiger partial charge in [0.1, 0.15) is 5.75 Å². The number of thioether (sulfide) groups is 1. The molecule has 1 aliphatic rings. The first-order valence-electron chi connectivity index (χ1n) is 6.75. The summed E-state index contributed by atoms with van der Waals surface area (Å²) in [6.45, 7) is 1.70. The lowest BCUT2D eigenvalue weighted by Gasteiger charge is -2.25. The highest BCUT2D eigenvalue weighted by atomic mass is 32.2. The van der Waals surface area contributed by atoms with Gasteiger partial charge in [0, 0.05) is 25.1 Å². The number of likely N-dealkylation sites (tertiary alicyclic amines) is 1. The molecule has 1 amide bonds. The van der Waals surface area contributed by atoms with Crippen LogP contribution >= 0.6 is 11.8 Å². The van der Waals surface area contributed by atoms with Crippen molar-refractivity contribution >= 4 is 28.8 Å². The molecular formula is C15H17NO5S. The molecule has 0 aromatic heterocycles. The molecule has 1 saturated heterocycles. The van der Waals surface area contributed by atoms with Crippen molar-refractivity contribution in [3.8, 4) is 5.75 Å². The number of carboxylic acid groups (broad SMARTS) is 1. The number of hydrogen-bond acceptors (Lipinski definition) is 5. The first-order valence-corrected chi connectivity index (χ1v) is 7.63. The summed E-state index contributed by atoms with van der Waals surface area (Å²) in [5.74, 6) is -0.723. The Morgan fingerprint density at radius 1 is 1.36 bits per heavy atom. The van der Waals surface area contributed by atoms with Gasteiger partial charge in [-0.2, -0.15) is 0 Å². The van der Waals surface area contributed by atoms with Gasteiger partial charge in [0.25, 0.3) is 0 Å². The van der Waals surface area contributed by atoms with Gasteiger partial charge in [-0.25, -0.2) is 4.79 Å². The normalized spacial score (nSPS) is 19.1. The molecule has 1 aromatic rings. The van der Waals surface area contributed by atoms with Gasteiger partial charge in [0.15, 0.2) is 11.2 Å². The molecule has 7 heteroatoms. The van der Waals surface area contributed by atoms with Gasteiger partial charge < -0.3 is 14.7 Å². The van der Waals surface area contributed by atoms with Gasteiger partial charge in [-0.3, -0.25) is 9.59 Å². The van der Waals surface area contributed by atoms with Crippen LogP contribution < -0.4 is 4.74 Å². The zero-order valence-corrected chi connectivity index (χ0v) is 13.1. The number of carbonyl (C=O) groups excluding carboxylic acids is 2. The Morgan fingerprint density at radius 3 is 2.50 bits per heavy atom. The number of benzene rings is 1. The summed E-state index contributed by atoms with van der Waals surface area (Å²) in [5, 5.41) is 9.24. The lowest BCUT2D eigenvalue weighted by atomic mass is 10.1. The lowest BCUT2D eigenvalue weighted by molar-refractivity contribution is -0.148. The Kier molecular flexibility index (Phi) is 5.07. The highest BCUT2D eigenvalue weighted by Gasteiger charge is 2.39. The van der Waals surface area contributed by atoms with E-state index in [1.165, 1.54) is 18.9 Å². The third-order valence-corrected chi connectivity index (χ3v) is 4.41. The maximum atomic E-state index is 12.1. The van der Waals surface area contributed by atoms with Crippen LogP contribution in [0.1, 0.15) is 24.9 Å². The lowest BCUT2D eigenvalue weighted by Crippen LogP contribution is -2.35. The minimum absolute atomic E-state index is 0.0732. The fourth-order valence-corrected chi connectivity index (χ4v) is 3.43. The van der Waals surface area contributed by atoms with E-state index in [9.17, 15) is 19.5 Å². The molecule has 0 aliphatic carbocycles. The molecule has 1 fully saturated rings. The van der Waals surface area contributed by atoms with Crippen molar-refractivity contribution in [3.63, 3.8) is 0 Å². The SMILES string of the molecule is COc1ccc(C(C(=O)O)N2CC(SC(C)=O)CC2=O)cc1. The Bertz CT molecular complexity index is 586. The number of methoxy groups -OCH3 is 1. The minimum Gasteiger partial charge on any atom is -0.497 e. The molecule has 2 atom stereocenters. The Morgan fingerprint density at radius 2 is 2.00 bits per heavy atom. The van der Waals surface area contributed by atoms with Crippen LogP contribution in [0.5, 0.6) is 5.75 Å². The van der Waals surface area contributed by atoms with E-state index in [2.05, 4.69) is 0 Å². The maximum Gasteiger partial charge on any atom is 0.331 e. The number of ether oxygens (including phenoxy) is 1. The predicted molar refractivity (Wildman–Crippen MR) is 81.8 cm³/mol. The predicted octanol–water partition coefficient (Wildman–Crippen LogP) is 1.70.